The number of thiocarbonyl (C=S) groups is 1. The minimum absolute atomic E-state index is 0.356. The van der Waals surface area contributed by atoms with Gasteiger partial charge in [0.1, 0.15) is 4.99 Å². The van der Waals surface area contributed by atoms with E-state index in [0.717, 1.165) is 5.56 Å². The van der Waals surface area contributed by atoms with Crippen LogP contribution in [0.1, 0.15) is 5.56 Å². The average molecular weight is 168 g/mol. The van der Waals surface area contributed by atoms with Crippen LogP contribution < -0.4 is 11.2 Å². The van der Waals surface area contributed by atoms with Crippen molar-refractivity contribution in [2.24, 2.45) is 5.73 Å². The van der Waals surface area contributed by atoms with Crippen LogP contribution in [0, 0.1) is 0 Å². The van der Waals surface area contributed by atoms with Gasteiger partial charge in [-0.2, -0.15) is 0 Å². The summed E-state index contributed by atoms with van der Waals surface area (Å²) in [6.07, 6.45) is 0. The molecule has 0 bridgehead atoms. The molecule has 4 heteroatoms. The van der Waals surface area contributed by atoms with Gasteiger partial charge in [-0.25, -0.2) is 0 Å². The van der Waals surface area contributed by atoms with Crippen molar-refractivity contribution in [2.45, 2.75) is 0 Å². The first-order valence-electron chi connectivity index (χ1n) is 3.04. The number of nitrogens with two attached hydrogens (primary N) is 1. The Labute approximate surface area is 69.8 Å². The summed E-state index contributed by atoms with van der Waals surface area (Å²) >= 11 is 4.74. The second kappa shape index (κ2) is 3.32. The summed E-state index contributed by atoms with van der Waals surface area (Å²) in [6.45, 7) is 0. The number of anilines is 1. The fourth-order valence-electron chi connectivity index (χ4n) is 0.709. The maximum atomic E-state index is 8.45. The second-order valence-electron chi connectivity index (χ2n) is 2.05. The molecule has 0 aromatic heterocycles. The van der Waals surface area contributed by atoms with E-state index in [4.69, 9.17) is 23.2 Å². The lowest BCUT2D eigenvalue weighted by molar-refractivity contribution is 0.389. The standard InChI is InChI=1S/C7H8N2OS/c8-7(11)5-1-3-6(9-10)4-2-5/h1-4,9-10H,(H2,8,11). The van der Waals surface area contributed by atoms with Gasteiger partial charge in [-0.1, -0.05) is 12.2 Å². The molecular weight excluding hydrogens is 160 g/mol. The number of nitrogens with one attached hydrogen (secondary N) is 1. The Morgan fingerprint density at radius 2 is 1.91 bits per heavy atom. The number of hydrogen-bond acceptors (Lipinski definition) is 3. The van der Waals surface area contributed by atoms with Gasteiger partial charge in [0.25, 0.3) is 0 Å². The van der Waals surface area contributed by atoms with Gasteiger partial charge in [0.05, 0.1) is 5.69 Å². The molecule has 0 spiro atoms. The summed E-state index contributed by atoms with van der Waals surface area (Å²) in [6, 6.07) is 6.85. The Kier molecular flexibility index (Phi) is 2.40. The Bertz CT molecular complexity index is 258. The van der Waals surface area contributed by atoms with Crippen molar-refractivity contribution in [3.63, 3.8) is 0 Å². The van der Waals surface area contributed by atoms with Crippen LogP contribution in [0.5, 0.6) is 0 Å². The Hall–Kier alpha value is -1.13. The maximum Gasteiger partial charge on any atom is 0.103 e. The summed E-state index contributed by atoms with van der Waals surface area (Å²) in [5.74, 6) is 0. The molecular formula is C7H8N2OS. The van der Waals surface area contributed by atoms with Gasteiger partial charge in [0.15, 0.2) is 0 Å². The Balaban J connectivity index is 2.91. The number of hydrogen-bond donors (Lipinski definition) is 3. The van der Waals surface area contributed by atoms with Gasteiger partial charge in [0, 0.05) is 5.56 Å². The topological polar surface area (TPSA) is 58.3 Å². The van der Waals surface area contributed by atoms with Crippen LogP contribution in [0.3, 0.4) is 0 Å². The lowest BCUT2D eigenvalue weighted by Crippen LogP contribution is -2.08. The van der Waals surface area contributed by atoms with Crippen LogP contribution in [0.25, 0.3) is 0 Å². The van der Waals surface area contributed by atoms with E-state index in [1.54, 1.807) is 24.3 Å². The summed E-state index contributed by atoms with van der Waals surface area (Å²) in [4.78, 5) is 0.356. The largest absolute Gasteiger partial charge is 0.389 e. The quantitative estimate of drug-likeness (QED) is 0.457. The van der Waals surface area contributed by atoms with Crippen LogP contribution in [0.15, 0.2) is 24.3 Å². The normalized spacial score (nSPS) is 9.18. The summed E-state index contributed by atoms with van der Waals surface area (Å²) in [5, 5.41) is 8.45. The Morgan fingerprint density at radius 3 is 2.27 bits per heavy atom. The number of benzene rings is 1. The number of rotatable bonds is 2. The first kappa shape index (κ1) is 7.97. The van der Waals surface area contributed by atoms with Crippen LogP contribution in [-0.2, 0) is 0 Å². The molecule has 0 radical (unpaired) electrons. The highest BCUT2D eigenvalue weighted by molar-refractivity contribution is 7.80. The van der Waals surface area contributed by atoms with E-state index in [2.05, 4.69) is 0 Å². The van der Waals surface area contributed by atoms with E-state index in [-0.39, 0.29) is 0 Å². The lowest BCUT2D eigenvalue weighted by Gasteiger charge is -1.99. The van der Waals surface area contributed by atoms with Gasteiger partial charge in [-0.05, 0) is 24.3 Å². The molecule has 1 aromatic rings. The first-order valence-corrected chi connectivity index (χ1v) is 3.45. The van der Waals surface area contributed by atoms with Crippen molar-refractivity contribution in [1.29, 1.82) is 0 Å². The summed E-state index contributed by atoms with van der Waals surface area (Å²) < 4.78 is 0. The molecule has 3 nitrogen and oxygen atoms in total. The highest BCUT2D eigenvalue weighted by atomic mass is 32.1. The van der Waals surface area contributed by atoms with Gasteiger partial charge in [-0.15, -0.1) is 0 Å². The molecule has 58 valence electrons. The molecule has 0 aliphatic heterocycles. The highest BCUT2D eigenvalue weighted by Crippen LogP contribution is 2.07. The van der Waals surface area contributed by atoms with Crippen LogP contribution in [0.2, 0.25) is 0 Å². The third-order valence-electron chi connectivity index (χ3n) is 1.30. The van der Waals surface area contributed by atoms with Crippen molar-refractivity contribution in [3.8, 4) is 0 Å². The van der Waals surface area contributed by atoms with E-state index >= 15 is 0 Å². The van der Waals surface area contributed by atoms with E-state index in [9.17, 15) is 0 Å². The van der Waals surface area contributed by atoms with E-state index in [1.165, 1.54) is 0 Å². The molecule has 1 aromatic carbocycles. The summed E-state index contributed by atoms with van der Waals surface area (Å²) in [7, 11) is 0. The molecule has 4 N–H and O–H groups in total. The van der Waals surface area contributed by atoms with Crippen LogP contribution in [0.4, 0.5) is 5.69 Å². The first-order chi connectivity index (χ1) is 5.24. The molecule has 0 fully saturated rings. The zero-order valence-electron chi connectivity index (χ0n) is 5.74. The monoisotopic (exact) mass is 168 g/mol. The second-order valence-corrected chi connectivity index (χ2v) is 2.49. The Morgan fingerprint density at radius 1 is 1.36 bits per heavy atom. The molecule has 11 heavy (non-hydrogen) atoms. The molecule has 0 atom stereocenters. The fourth-order valence-corrected chi connectivity index (χ4v) is 0.845. The smallest absolute Gasteiger partial charge is 0.103 e. The minimum atomic E-state index is 0.356. The van der Waals surface area contributed by atoms with Gasteiger partial charge < -0.3 is 5.73 Å². The maximum absolute atomic E-state index is 8.45. The van der Waals surface area contributed by atoms with Gasteiger partial charge in [-0.3, -0.25) is 10.7 Å². The lowest BCUT2D eigenvalue weighted by atomic mass is 10.2. The van der Waals surface area contributed by atoms with Crippen molar-refractivity contribution in [1.82, 2.24) is 0 Å². The van der Waals surface area contributed by atoms with Crippen molar-refractivity contribution >= 4 is 22.9 Å². The predicted octanol–water partition coefficient (Wildman–Crippen LogP) is 1.12. The molecule has 0 saturated carbocycles. The summed E-state index contributed by atoms with van der Waals surface area (Å²) in [5.41, 5.74) is 8.77. The highest BCUT2D eigenvalue weighted by Gasteiger charge is 1.94. The molecule has 0 aliphatic carbocycles. The third kappa shape index (κ3) is 1.89. The molecule has 1 rings (SSSR count). The van der Waals surface area contributed by atoms with Crippen LogP contribution >= 0.6 is 12.2 Å². The predicted molar refractivity (Wildman–Crippen MR) is 47.7 cm³/mol. The molecule has 0 aliphatic rings. The van der Waals surface area contributed by atoms with E-state index in [1.807, 2.05) is 5.48 Å². The van der Waals surface area contributed by atoms with Gasteiger partial charge >= 0.3 is 0 Å². The van der Waals surface area contributed by atoms with Crippen LogP contribution in [-0.4, -0.2) is 10.2 Å². The molecule has 0 amide bonds. The minimum Gasteiger partial charge on any atom is -0.389 e. The molecule has 0 heterocycles. The third-order valence-corrected chi connectivity index (χ3v) is 1.53. The molecule has 0 unspecified atom stereocenters. The van der Waals surface area contributed by atoms with Crippen molar-refractivity contribution in [2.75, 3.05) is 5.48 Å². The van der Waals surface area contributed by atoms with Gasteiger partial charge in [0.2, 0.25) is 0 Å². The van der Waals surface area contributed by atoms with Crippen molar-refractivity contribution < 1.29 is 5.21 Å². The van der Waals surface area contributed by atoms with E-state index < -0.39 is 0 Å². The fraction of sp³-hybridized carbons (Fsp3) is 0. The van der Waals surface area contributed by atoms with Crippen molar-refractivity contribution in [3.05, 3.63) is 29.8 Å². The average Bonchev–Trinajstić information content (AvgIpc) is 2.05. The SMILES string of the molecule is NC(=S)c1ccc(NO)cc1. The molecule has 0 saturated heterocycles. The van der Waals surface area contributed by atoms with E-state index in [0.29, 0.717) is 10.7 Å². The zero-order valence-corrected chi connectivity index (χ0v) is 6.56. The zero-order chi connectivity index (χ0) is 8.27.